The van der Waals surface area contributed by atoms with Crippen LogP contribution in [0, 0.1) is 13.8 Å². The minimum atomic E-state index is 0.636. The molecule has 110 valence electrons. The molecule has 0 saturated carbocycles. The Morgan fingerprint density at radius 3 is 1.95 bits per heavy atom. The van der Waals surface area contributed by atoms with E-state index in [0.717, 1.165) is 0 Å². The second kappa shape index (κ2) is 8.32. The smallest absolute Gasteiger partial charge is 0.0780 e. The van der Waals surface area contributed by atoms with Crippen molar-refractivity contribution in [3.05, 3.63) is 70.0 Å². The van der Waals surface area contributed by atoms with Crippen molar-refractivity contribution in [1.29, 1.82) is 0 Å². The fourth-order valence-electron chi connectivity index (χ4n) is 1.74. The lowest BCUT2D eigenvalue weighted by Gasteiger charge is -2.07. The van der Waals surface area contributed by atoms with Crippen LogP contribution in [-0.4, -0.2) is 13.7 Å². The predicted octanol–water partition coefficient (Wildman–Crippen LogP) is 5.68. The molecule has 0 bridgehead atoms. The molecule has 0 saturated heterocycles. The summed E-state index contributed by atoms with van der Waals surface area (Å²) in [6.45, 7) is 4.85. The van der Waals surface area contributed by atoms with Gasteiger partial charge in [-0.15, -0.1) is 0 Å². The van der Waals surface area contributed by atoms with Crippen molar-refractivity contribution < 1.29 is 4.74 Å². The number of hydrogen-bond donors (Lipinski definition) is 0. The molecule has 0 aromatic heterocycles. The van der Waals surface area contributed by atoms with Crippen LogP contribution in [0.25, 0.3) is 0 Å². The van der Waals surface area contributed by atoms with Gasteiger partial charge in [0.05, 0.1) is 6.61 Å². The van der Waals surface area contributed by atoms with E-state index in [0.29, 0.717) is 6.61 Å². The molecule has 0 heterocycles. The molecule has 0 aliphatic rings. The highest BCUT2D eigenvalue weighted by Crippen LogP contribution is 2.31. The van der Waals surface area contributed by atoms with Crippen LogP contribution in [0.1, 0.15) is 11.1 Å². The molecular formula is C18H20OS2. The topological polar surface area (TPSA) is 9.23 Å². The number of aryl methyl sites for hydroxylation is 2. The van der Waals surface area contributed by atoms with Crippen molar-refractivity contribution in [3.8, 4) is 0 Å². The molecule has 3 heteroatoms. The molecule has 0 aliphatic carbocycles. The monoisotopic (exact) mass is 316 g/mol. The second-order valence-corrected chi connectivity index (χ2v) is 7.01. The minimum absolute atomic E-state index is 0.636. The lowest BCUT2D eigenvalue weighted by Crippen LogP contribution is -1.90. The fourth-order valence-corrected chi connectivity index (χ4v) is 3.46. The van der Waals surface area contributed by atoms with Gasteiger partial charge in [-0.25, -0.2) is 0 Å². The van der Waals surface area contributed by atoms with Gasteiger partial charge in [0.2, 0.25) is 0 Å². The summed E-state index contributed by atoms with van der Waals surface area (Å²) in [7, 11) is 1.74. The molecule has 0 spiro atoms. The quantitative estimate of drug-likeness (QED) is 0.635. The maximum absolute atomic E-state index is 5.31. The zero-order valence-electron chi connectivity index (χ0n) is 12.6. The first kappa shape index (κ1) is 16.2. The molecule has 2 rings (SSSR count). The molecular weight excluding hydrogens is 296 g/mol. The zero-order chi connectivity index (χ0) is 15.1. The third-order valence-electron chi connectivity index (χ3n) is 2.90. The van der Waals surface area contributed by atoms with E-state index < -0.39 is 0 Å². The highest BCUT2D eigenvalue weighted by molar-refractivity contribution is 8.06. The largest absolute Gasteiger partial charge is 0.379 e. The minimum Gasteiger partial charge on any atom is -0.379 e. The van der Waals surface area contributed by atoms with Crippen LogP contribution >= 0.6 is 23.5 Å². The maximum Gasteiger partial charge on any atom is 0.0780 e. The van der Waals surface area contributed by atoms with Gasteiger partial charge in [-0.1, -0.05) is 58.9 Å². The molecule has 2 aromatic carbocycles. The number of thioether (sulfide) groups is 2. The van der Waals surface area contributed by atoms with Gasteiger partial charge in [0.25, 0.3) is 0 Å². The van der Waals surface area contributed by atoms with Crippen LogP contribution in [0.15, 0.2) is 68.6 Å². The van der Waals surface area contributed by atoms with Gasteiger partial charge < -0.3 is 4.74 Å². The molecule has 2 aromatic rings. The summed E-state index contributed by atoms with van der Waals surface area (Å²) < 4.78 is 5.31. The first-order valence-electron chi connectivity index (χ1n) is 6.83. The van der Waals surface area contributed by atoms with Crippen molar-refractivity contribution >= 4 is 23.5 Å². The SMILES string of the molecule is COC/C(=C/Sc1ccc(C)cc1)Sc1ccc(C)cc1. The predicted molar refractivity (Wildman–Crippen MR) is 94.0 cm³/mol. The molecule has 0 aliphatic heterocycles. The highest BCUT2D eigenvalue weighted by Gasteiger charge is 2.02. The molecule has 0 atom stereocenters. The summed E-state index contributed by atoms with van der Waals surface area (Å²) in [4.78, 5) is 3.71. The van der Waals surface area contributed by atoms with Gasteiger partial charge in [0.15, 0.2) is 0 Å². The summed E-state index contributed by atoms with van der Waals surface area (Å²) in [5.41, 5.74) is 2.57. The van der Waals surface area contributed by atoms with Crippen LogP contribution in [0.5, 0.6) is 0 Å². The second-order valence-electron chi connectivity index (χ2n) is 4.86. The Labute approximate surface area is 135 Å². The van der Waals surface area contributed by atoms with Crippen LogP contribution in [-0.2, 0) is 4.74 Å². The van der Waals surface area contributed by atoms with Crippen LogP contribution in [0.2, 0.25) is 0 Å². The standard InChI is InChI=1S/C18H20OS2/c1-14-4-8-16(9-5-14)20-13-18(12-19-3)21-17-10-6-15(2)7-11-17/h4-11,13H,12H2,1-3H3/b18-13-. The van der Waals surface area contributed by atoms with Gasteiger partial charge in [-0.3, -0.25) is 0 Å². The molecule has 21 heavy (non-hydrogen) atoms. The molecule has 1 nitrogen and oxygen atoms in total. The first-order chi connectivity index (χ1) is 10.2. The van der Waals surface area contributed by atoms with E-state index in [1.54, 1.807) is 30.6 Å². The molecule has 0 radical (unpaired) electrons. The van der Waals surface area contributed by atoms with Gasteiger partial charge in [0, 0.05) is 21.8 Å². The third kappa shape index (κ3) is 5.62. The highest BCUT2D eigenvalue weighted by atomic mass is 32.2. The van der Waals surface area contributed by atoms with E-state index in [4.69, 9.17) is 4.74 Å². The van der Waals surface area contributed by atoms with E-state index in [2.05, 4.69) is 67.8 Å². The van der Waals surface area contributed by atoms with E-state index >= 15 is 0 Å². The maximum atomic E-state index is 5.31. The van der Waals surface area contributed by atoms with Crippen molar-refractivity contribution in [2.75, 3.05) is 13.7 Å². The Bertz CT molecular complexity index is 586. The molecule has 0 unspecified atom stereocenters. The molecule has 0 fully saturated rings. The number of methoxy groups -OCH3 is 1. The number of ether oxygens (including phenoxy) is 1. The summed E-state index contributed by atoms with van der Waals surface area (Å²) in [6.07, 6.45) is 0. The van der Waals surface area contributed by atoms with Crippen molar-refractivity contribution in [1.82, 2.24) is 0 Å². The third-order valence-corrected chi connectivity index (χ3v) is 5.01. The zero-order valence-corrected chi connectivity index (χ0v) is 14.3. The molecule has 0 amide bonds. The van der Waals surface area contributed by atoms with Crippen molar-refractivity contribution in [2.24, 2.45) is 0 Å². The van der Waals surface area contributed by atoms with Crippen molar-refractivity contribution in [2.45, 2.75) is 23.6 Å². The average Bonchev–Trinajstić information content (AvgIpc) is 2.49. The first-order valence-corrected chi connectivity index (χ1v) is 8.53. The normalized spacial score (nSPS) is 11.7. The Kier molecular flexibility index (Phi) is 6.43. The van der Waals surface area contributed by atoms with Gasteiger partial charge in [0.1, 0.15) is 0 Å². The number of hydrogen-bond acceptors (Lipinski definition) is 3. The van der Waals surface area contributed by atoms with E-state index in [9.17, 15) is 0 Å². The lowest BCUT2D eigenvalue weighted by atomic mass is 10.2. The van der Waals surface area contributed by atoms with Crippen LogP contribution in [0.3, 0.4) is 0 Å². The summed E-state index contributed by atoms with van der Waals surface area (Å²) in [5, 5.41) is 2.18. The summed E-state index contributed by atoms with van der Waals surface area (Å²) in [5.74, 6) is 0. The van der Waals surface area contributed by atoms with Gasteiger partial charge in [-0.05, 0) is 43.5 Å². The molecule has 0 N–H and O–H groups in total. The van der Waals surface area contributed by atoms with Crippen LogP contribution < -0.4 is 0 Å². The Hall–Kier alpha value is -1.16. The Morgan fingerprint density at radius 2 is 1.43 bits per heavy atom. The Morgan fingerprint density at radius 1 is 0.905 bits per heavy atom. The van der Waals surface area contributed by atoms with Gasteiger partial charge in [-0.2, -0.15) is 0 Å². The lowest BCUT2D eigenvalue weighted by molar-refractivity contribution is 0.231. The van der Waals surface area contributed by atoms with Crippen LogP contribution in [0.4, 0.5) is 0 Å². The van der Waals surface area contributed by atoms with Gasteiger partial charge >= 0.3 is 0 Å². The van der Waals surface area contributed by atoms with E-state index in [-0.39, 0.29) is 0 Å². The summed E-state index contributed by atoms with van der Waals surface area (Å²) in [6, 6.07) is 17.2. The number of benzene rings is 2. The Balaban J connectivity index is 2.05. The van der Waals surface area contributed by atoms with E-state index in [1.807, 2.05) is 0 Å². The van der Waals surface area contributed by atoms with E-state index in [1.165, 1.54) is 25.8 Å². The number of rotatable bonds is 6. The fraction of sp³-hybridized carbons (Fsp3) is 0.222. The van der Waals surface area contributed by atoms with Crippen molar-refractivity contribution in [3.63, 3.8) is 0 Å². The average molecular weight is 316 g/mol. The summed E-state index contributed by atoms with van der Waals surface area (Å²) >= 11 is 3.50.